The number of benzene rings is 1. The van der Waals surface area contributed by atoms with E-state index in [4.69, 9.17) is 5.73 Å². The summed E-state index contributed by atoms with van der Waals surface area (Å²) in [6.45, 7) is 4.49. The van der Waals surface area contributed by atoms with Crippen LogP contribution in [0.25, 0.3) is 0 Å². The van der Waals surface area contributed by atoms with Crippen molar-refractivity contribution in [2.24, 2.45) is 5.73 Å². The molecule has 1 fully saturated rings. The summed E-state index contributed by atoms with van der Waals surface area (Å²) in [4.78, 5) is 23.2. The number of halogens is 1. The molecule has 1 aromatic carbocycles. The highest BCUT2D eigenvalue weighted by Gasteiger charge is 2.29. The lowest BCUT2D eigenvalue weighted by molar-refractivity contribution is -0.134. The highest BCUT2D eigenvalue weighted by Crippen LogP contribution is 2.34. The lowest BCUT2D eigenvalue weighted by Crippen LogP contribution is -2.39. The zero-order valence-corrected chi connectivity index (χ0v) is 13.8. The fourth-order valence-corrected chi connectivity index (χ4v) is 3.49. The van der Waals surface area contributed by atoms with Crippen molar-refractivity contribution in [3.8, 4) is 0 Å². The van der Waals surface area contributed by atoms with Gasteiger partial charge in [-0.15, -0.1) is 0 Å². The number of hydrogen-bond acceptors (Lipinski definition) is 3. The lowest BCUT2D eigenvalue weighted by atomic mass is 9.83. The molecule has 5 heteroatoms. The normalized spacial score (nSPS) is 19.6. The average molecular weight is 320 g/mol. The zero-order chi connectivity index (χ0) is 17.0. The maximum Gasteiger partial charge on any atom is 0.234 e. The quantitative estimate of drug-likeness (QED) is 0.792. The van der Waals surface area contributed by atoms with Gasteiger partial charge < -0.3 is 5.73 Å². The standard InChI is InChI=1S/C18H25FN2O2/c1-3-4-12(7-8-20)17-11(2)9-13(10-15(17)19)14-5-6-16(22)21-18(14)23/h9-10,12,14H,3-8,20H2,1-2H3,(H,21,22,23). The fourth-order valence-electron chi connectivity index (χ4n) is 3.49. The van der Waals surface area contributed by atoms with Gasteiger partial charge in [0.2, 0.25) is 11.8 Å². The van der Waals surface area contributed by atoms with Crippen LogP contribution in [0.2, 0.25) is 0 Å². The first-order chi connectivity index (χ1) is 11.0. The van der Waals surface area contributed by atoms with Crippen molar-refractivity contribution in [3.63, 3.8) is 0 Å². The average Bonchev–Trinajstić information content (AvgIpc) is 2.46. The van der Waals surface area contributed by atoms with Gasteiger partial charge in [-0.05, 0) is 61.4 Å². The van der Waals surface area contributed by atoms with E-state index in [-0.39, 0.29) is 23.5 Å². The second-order valence-electron chi connectivity index (χ2n) is 6.30. The van der Waals surface area contributed by atoms with Crippen LogP contribution in [-0.2, 0) is 9.59 Å². The zero-order valence-electron chi connectivity index (χ0n) is 13.8. The predicted molar refractivity (Wildman–Crippen MR) is 87.6 cm³/mol. The topological polar surface area (TPSA) is 72.2 Å². The Morgan fingerprint density at radius 2 is 2.09 bits per heavy atom. The van der Waals surface area contributed by atoms with Crippen molar-refractivity contribution < 1.29 is 14.0 Å². The molecule has 0 radical (unpaired) electrons. The van der Waals surface area contributed by atoms with E-state index in [1.165, 1.54) is 6.07 Å². The highest BCUT2D eigenvalue weighted by molar-refractivity contribution is 6.00. The van der Waals surface area contributed by atoms with Gasteiger partial charge >= 0.3 is 0 Å². The second-order valence-corrected chi connectivity index (χ2v) is 6.30. The molecule has 2 unspecified atom stereocenters. The summed E-state index contributed by atoms with van der Waals surface area (Å²) < 4.78 is 14.7. The van der Waals surface area contributed by atoms with Gasteiger partial charge in [0, 0.05) is 6.42 Å². The number of imide groups is 1. The maximum absolute atomic E-state index is 14.7. The van der Waals surface area contributed by atoms with Crippen LogP contribution in [0.5, 0.6) is 0 Å². The van der Waals surface area contributed by atoms with E-state index in [2.05, 4.69) is 12.2 Å². The molecule has 1 saturated heterocycles. The first-order valence-corrected chi connectivity index (χ1v) is 8.31. The van der Waals surface area contributed by atoms with Gasteiger partial charge in [-0.2, -0.15) is 0 Å². The molecule has 2 atom stereocenters. The molecule has 1 aliphatic heterocycles. The van der Waals surface area contributed by atoms with E-state index in [1.807, 2.05) is 13.0 Å². The van der Waals surface area contributed by atoms with Crippen LogP contribution in [0.4, 0.5) is 4.39 Å². The van der Waals surface area contributed by atoms with E-state index in [1.54, 1.807) is 0 Å². The fraction of sp³-hybridized carbons (Fsp3) is 0.556. The van der Waals surface area contributed by atoms with E-state index >= 15 is 0 Å². The van der Waals surface area contributed by atoms with Crippen LogP contribution >= 0.6 is 0 Å². The van der Waals surface area contributed by atoms with Gasteiger partial charge in [-0.3, -0.25) is 14.9 Å². The Morgan fingerprint density at radius 1 is 1.35 bits per heavy atom. The number of carbonyl (C=O) groups is 2. The first kappa shape index (κ1) is 17.6. The van der Waals surface area contributed by atoms with Gasteiger partial charge in [-0.25, -0.2) is 4.39 Å². The third kappa shape index (κ3) is 3.96. The Morgan fingerprint density at radius 3 is 2.65 bits per heavy atom. The second kappa shape index (κ2) is 7.68. The smallest absolute Gasteiger partial charge is 0.234 e. The largest absolute Gasteiger partial charge is 0.330 e. The summed E-state index contributed by atoms with van der Waals surface area (Å²) in [5.74, 6) is -1.20. The predicted octanol–water partition coefficient (Wildman–Crippen LogP) is 2.89. The number of aryl methyl sites for hydroxylation is 1. The lowest BCUT2D eigenvalue weighted by Gasteiger charge is -2.24. The molecule has 2 rings (SSSR count). The van der Waals surface area contributed by atoms with E-state index < -0.39 is 5.92 Å². The third-order valence-corrected chi connectivity index (χ3v) is 4.56. The molecule has 1 aliphatic rings. The number of carbonyl (C=O) groups excluding carboxylic acids is 2. The maximum atomic E-state index is 14.7. The summed E-state index contributed by atoms with van der Waals surface area (Å²) in [7, 11) is 0. The van der Waals surface area contributed by atoms with Crippen LogP contribution < -0.4 is 11.1 Å². The molecule has 0 aliphatic carbocycles. The minimum absolute atomic E-state index is 0.112. The van der Waals surface area contributed by atoms with Crippen LogP contribution in [0, 0.1) is 12.7 Å². The monoisotopic (exact) mass is 320 g/mol. The minimum atomic E-state index is -0.450. The molecule has 0 bridgehead atoms. The van der Waals surface area contributed by atoms with Gasteiger partial charge in [0.1, 0.15) is 5.82 Å². The molecule has 0 spiro atoms. The number of piperidine rings is 1. The van der Waals surface area contributed by atoms with Crippen molar-refractivity contribution in [3.05, 3.63) is 34.6 Å². The summed E-state index contributed by atoms with van der Waals surface area (Å²) in [5, 5.41) is 2.33. The van der Waals surface area contributed by atoms with Gasteiger partial charge in [0.05, 0.1) is 5.92 Å². The summed E-state index contributed by atoms with van der Waals surface area (Å²) in [6.07, 6.45) is 3.35. The van der Waals surface area contributed by atoms with Crippen LogP contribution in [0.3, 0.4) is 0 Å². The van der Waals surface area contributed by atoms with Gasteiger partial charge in [-0.1, -0.05) is 19.4 Å². The third-order valence-electron chi connectivity index (χ3n) is 4.56. The van der Waals surface area contributed by atoms with Crippen molar-refractivity contribution in [2.45, 2.75) is 57.8 Å². The minimum Gasteiger partial charge on any atom is -0.330 e. The number of rotatable bonds is 6. The van der Waals surface area contributed by atoms with Gasteiger partial charge in [0.15, 0.2) is 0 Å². The molecular weight excluding hydrogens is 295 g/mol. The molecule has 1 aromatic rings. The van der Waals surface area contributed by atoms with Crippen molar-refractivity contribution in [2.75, 3.05) is 6.54 Å². The molecule has 1 heterocycles. The number of nitrogens with two attached hydrogens (primary N) is 1. The molecular formula is C18H25FN2O2. The Kier molecular flexibility index (Phi) is 5.88. The van der Waals surface area contributed by atoms with E-state index in [0.29, 0.717) is 30.5 Å². The molecule has 2 amide bonds. The molecule has 3 N–H and O–H groups in total. The van der Waals surface area contributed by atoms with Crippen LogP contribution in [-0.4, -0.2) is 18.4 Å². The molecule has 0 aromatic heterocycles. The first-order valence-electron chi connectivity index (χ1n) is 8.31. The molecule has 0 saturated carbocycles. The Hall–Kier alpha value is -1.75. The van der Waals surface area contributed by atoms with E-state index in [9.17, 15) is 14.0 Å². The van der Waals surface area contributed by atoms with Crippen molar-refractivity contribution >= 4 is 11.8 Å². The van der Waals surface area contributed by atoms with Crippen LogP contribution in [0.15, 0.2) is 12.1 Å². The summed E-state index contributed by atoms with van der Waals surface area (Å²) >= 11 is 0. The van der Waals surface area contributed by atoms with E-state index in [0.717, 1.165) is 24.8 Å². The SMILES string of the molecule is CCCC(CCN)c1c(C)cc(C2CCC(=O)NC2=O)cc1F. The highest BCUT2D eigenvalue weighted by atomic mass is 19.1. The van der Waals surface area contributed by atoms with Crippen molar-refractivity contribution in [1.82, 2.24) is 5.32 Å². The van der Waals surface area contributed by atoms with Gasteiger partial charge in [0.25, 0.3) is 0 Å². The number of amides is 2. The molecule has 126 valence electrons. The summed E-state index contributed by atoms with van der Waals surface area (Å²) in [5.41, 5.74) is 7.89. The Labute approximate surface area is 136 Å². The molecule has 4 nitrogen and oxygen atoms in total. The number of nitrogens with one attached hydrogen (secondary N) is 1. The Balaban J connectivity index is 2.32. The molecule has 23 heavy (non-hydrogen) atoms. The van der Waals surface area contributed by atoms with Crippen molar-refractivity contribution in [1.29, 1.82) is 0 Å². The van der Waals surface area contributed by atoms with Crippen LogP contribution in [0.1, 0.15) is 67.6 Å². The Bertz CT molecular complexity index is 572. The summed E-state index contributed by atoms with van der Waals surface area (Å²) in [6, 6.07) is 3.35. The number of hydrogen-bond donors (Lipinski definition) is 2.